The van der Waals surface area contributed by atoms with Crippen molar-refractivity contribution in [3.8, 4) is 11.5 Å². The minimum atomic E-state index is -3.40. The molecule has 4 rings (SSSR count). The fourth-order valence-electron chi connectivity index (χ4n) is 4.44. The molecule has 178 valence electrons. The second kappa shape index (κ2) is 10.8. The smallest absolute Gasteiger partial charge is 0.418 e. The molecular formula is C22H33N2O6PS. The van der Waals surface area contributed by atoms with Crippen LogP contribution in [0.25, 0.3) is 0 Å². The van der Waals surface area contributed by atoms with Crippen molar-refractivity contribution >= 4 is 25.8 Å². The summed E-state index contributed by atoms with van der Waals surface area (Å²) in [5, 5.41) is 2.74. The Balaban J connectivity index is 1.35. The quantitative estimate of drug-likeness (QED) is 0.278. The normalized spacial score (nSPS) is 28.1. The Hall–Kier alpha value is -1.25. The number of rotatable bonds is 8. The van der Waals surface area contributed by atoms with Gasteiger partial charge in [0.1, 0.15) is 0 Å². The summed E-state index contributed by atoms with van der Waals surface area (Å²) in [6, 6.07) is 7.18. The summed E-state index contributed by atoms with van der Waals surface area (Å²) in [5.74, 6) is 1.07. The number of amides is 1. The van der Waals surface area contributed by atoms with Crippen LogP contribution in [0.2, 0.25) is 0 Å². The molecule has 0 spiro atoms. The van der Waals surface area contributed by atoms with Gasteiger partial charge in [-0.25, -0.2) is 9.36 Å². The van der Waals surface area contributed by atoms with Crippen LogP contribution in [0.3, 0.4) is 0 Å². The van der Waals surface area contributed by atoms with Crippen LogP contribution in [-0.2, 0) is 13.6 Å². The van der Waals surface area contributed by atoms with Crippen LogP contribution in [0, 0.1) is 0 Å². The molecular weight excluding hydrogens is 451 g/mol. The lowest BCUT2D eigenvalue weighted by Gasteiger charge is -2.30. The lowest BCUT2D eigenvalue weighted by molar-refractivity contribution is 0.110. The fraction of sp³-hybridized carbons (Fsp3) is 0.682. The van der Waals surface area contributed by atoms with Crippen molar-refractivity contribution in [3.05, 3.63) is 24.3 Å². The molecule has 1 amide bonds. The molecule has 3 aliphatic rings. The number of hydrogen-bond donors (Lipinski definition) is 1. The number of para-hydroxylation sites is 2. The van der Waals surface area contributed by atoms with Gasteiger partial charge in [0.15, 0.2) is 11.5 Å². The van der Waals surface area contributed by atoms with Crippen LogP contribution in [-0.4, -0.2) is 40.4 Å². The molecule has 1 heterocycles. The summed E-state index contributed by atoms with van der Waals surface area (Å²) in [4.78, 5) is 12.4. The highest BCUT2D eigenvalue weighted by molar-refractivity contribution is 8.01. The van der Waals surface area contributed by atoms with Gasteiger partial charge in [-0.1, -0.05) is 37.8 Å². The van der Waals surface area contributed by atoms with E-state index in [4.69, 9.17) is 18.5 Å². The first-order valence-corrected chi connectivity index (χ1v) is 14.0. The molecule has 2 aliphatic carbocycles. The minimum absolute atomic E-state index is 0.0364. The van der Waals surface area contributed by atoms with Gasteiger partial charge < -0.3 is 14.8 Å². The predicted molar refractivity (Wildman–Crippen MR) is 124 cm³/mol. The van der Waals surface area contributed by atoms with Crippen LogP contribution in [0.5, 0.6) is 11.5 Å². The molecule has 0 aromatic heterocycles. The number of hydrogen-bond acceptors (Lipinski definition) is 7. The summed E-state index contributed by atoms with van der Waals surface area (Å²) in [6.45, 7) is 3.83. The van der Waals surface area contributed by atoms with E-state index >= 15 is 0 Å². The predicted octanol–water partition coefficient (Wildman–Crippen LogP) is 5.88. The highest BCUT2D eigenvalue weighted by Crippen LogP contribution is 2.65. The lowest BCUT2D eigenvalue weighted by atomic mass is 9.95. The van der Waals surface area contributed by atoms with Gasteiger partial charge in [-0.15, -0.1) is 4.08 Å². The van der Waals surface area contributed by atoms with Crippen molar-refractivity contribution in [3.63, 3.8) is 0 Å². The SMILES string of the molecule is CC(C)Oc1ccccc1OC(=O)NCSN(C1CCCC1)P1(=O)OC2CCCCC2O1. The average Bonchev–Trinajstić information content (AvgIpc) is 3.39. The molecule has 8 nitrogen and oxygen atoms in total. The Kier molecular flexibility index (Phi) is 8.05. The van der Waals surface area contributed by atoms with E-state index in [0.717, 1.165) is 51.4 Å². The molecule has 2 unspecified atom stereocenters. The molecule has 0 bridgehead atoms. The molecule has 0 radical (unpaired) electrons. The third kappa shape index (κ3) is 5.81. The number of carbonyl (C=O) groups excluding carboxylic acids is 1. The van der Waals surface area contributed by atoms with Gasteiger partial charge in [-0.2, -0.15) is 0 Å². The summed E-state index contributed by atoms with van der Waals surface area (Å²) < 4.78 is 38.6. The third-order valence-electron chi connectivity index (χ3n) is 5.89. The summed E-state index contributed by atoms with van der Waals surface area (Å²) in [6.07, 6.45) is 7.21. The van der Waals surface area contributed by atoms with E-state index in [1.54, 1.807) is 22.3 Å². The topological polar surface area (TPSA) is 86.3 Å². The third-order valence-corrected chi connectivity index (χ3v) is 9.55. The first-order valence-electron chi connectivity index (χ1n) is 11.6. The van der Waals surface area contributed by atoms with Crippen LogP contribution >= 0.6 is 19.7 Å². The Morgan fingerprint density at radius 3 is 2.31 bits per heavy atom. The van der Waals surface area contributed by atoms with Crippen molar-refractivity contribution in [2.75, 3.05) is 5.88 Å². The molecule has 1 N–H and O–H groups in total. The molecule has 1 aromatic carbocycles. The van der Waals surface area contributed by atoms with E-state index in [2.05, 4.69) is 5.32 Å². The molecule has 2 saturated carbocycles. The van der Waals surface area contributed by atoms with E-state index in [1.165, 1.54) is 11.9 Å². The van der Waals surface area contributed by atoms with Crippen LogP contribution in [0.4, 0.5) is 4.79 Å². The molecule has 3 fully saturated rings. The molecule has 1 saturated heterocycles. The van der Waals surface area contributed by atoms with Crippen molar-refractivity contribution in [2.24, 2.45) is 0 Å². The maximum Gasteiger partial charge on any atom is 0.418 e. The highest BCUT2D eigenvalue weighted by atomic mass is 32.2. The highest BCUT2D eigenvalue weighted by Gasteiger charge is 2.51. The van der Waals surface area contributed by atoms with Crippen molar-refractivity contribution in [1.82, 2.24) is 9.39 Å². The summed E-state index contributed by atoms with van der Waals surface area (Å²) in [5.41, 5.74) is 0. The zero-order valence-electron chi connectivity index (χ0n) is 18.7. The zero-order chi connectivity index (χ0) is 22.6. The van der Waals surface area contributed by atoms with Gasteiger partial charge in [0.25, 0.3) is 0 Å². The van der Waals surface area contributed by atoms with Crippen molar-refractivity contribution in [1.29, 1.82) is 0 Å². The number of fused-ring (bicyclic) bond motifs is 1. The molecule has 2 atom stereocenters. The first kappa shape index (κ1) is 23.9. The van der Waals surface area contributed by atoms with Crippen LogP contribution < -0.4 is 14.8 Å². The maximum atomic E-state index is 13.7. The Morgan fingerprint density at radius 2 is 1.69 bits per heavy atom. The van der Waals surface area contributed by atoms with Gasteiger partial charge in [0.2, 0.25) is 0 Å². The summed E-state index contributed by atoms with van der Waals surface area (Å²) >= 11 is 1.29. The number of nitrogens with zero attached hydrogens (tertiary/aromatic N) is 1. The average molecular weight is 485 g/mol. The second-order valence-corrected chi connectivity index (χ2v) is 11.7. The van der Waals surface area contributed by atoms with Gasteiger partial charge in [0.05, 0.1) is 24.2 Å². The number of ether oxygens (including phenoxy) is 2. The van der Waals surface area contributed by atoms with E-state index in [1.807, 2.05) is 19.9 Å². The van der Waals surface area contributed by atoms with Gasteiger partial charge >= 0.3 is 13.8 Å². The maximum absolute atomic E-state index is 13.7. The number of benzene rings is 1. The standard InChI is InChI=1S/C22H33N2O6PS/c1-16(2)27-18-11-5-6-12-19(18)28-22(25)23-15-32-24(17-9-3-4-10-17)31(26)29-20-13-7-8-14-21(20)30-31/h5-6,11-12,16-17,20-21H,3-4,7-10,13-15H2,1-2H3,(H,23,25). The Bertz CT molecular complexity index is 816. The van der Waals surface area contributed by atoms with Crippen LogP contribution in [0.15, 0.2) is 24.3 Å². The number of carbonyl (C=O) groups is 1. The Morgan fingerprint density at radius 1 is 1.09 bits per heavy atom. The van der Waals surface area contributed by atoms with E-state index in [0.29, 0.717) is 11.5 Å². The Labute approximate surface area is 194 Å². The second-order valence-electron chi connectivity index (χ2n) is 8.73. The zero-order valence-corrected chi connectivity index (χ0v) is 20.4. The number of nitrogens with one attached hydrogen (secondary N) is 1. The first-order chi connectivity index (χ1) is 15.4. The largest absolute Gasteiger partial charge is 0.487 e. The van der Waals surface area contributed by atoms with Gasteiger partial charge in [0, 0.05) is 6.04 Å². The fourth-order valence-corrected chi connectivity index (χ4v) is 8.18. The van der Waals surface area contributed by atoms with Gasteiger partial charge in [-0.3, -0.25) is 9.05 Å². The van der Waals surface area contributed by atoms with E-state index < -0.39 is 13.8 Å². The van der Waals surface area contributed by atoms with Crippen molar-refractivity contribution in [2.45, 2.75) is 89.6 Å². The molecule has 1 aliphatic heterocycles. The van der Waals surface area contributed by atoms with Crippen molar-refractivity contribution < 1.29 is 27.9 Å². The van der Waals surface area contributed by atoms with Crippen LogP contribution in [0.1, 0.15) is 65.2 Å². The monoisotopic (exact) mass is 484 g/mol. The minimum Gasteiger partial charge on any atom is -0.487 e. The lowest BCUT2D eigenvalue weighted by Crippen LogP contribution is -2.31. The van der Waals surface area contributed by atoms with E-state index in [9.17, 15) is 9.36 Å². The van der Waals surface area contributed by atoms with E-state index in [-0.39, 0.29) is 30.2 Å². The molecule has 32 heavy (non-hydrogen) atoms. The molecule has 1 aromatic rings. The van der Waals surface area contributed by atoms with Gasteiger partial charge in [-0.05, 0) is 63.6 Å². The summed E-state index contributed by atoms with van der Waals surface area (Å²) in [7, 11) is -3.40. The molecule has 10 heteroatoms.